The van der Waals surface area contributed by atoms with E-state index in [0.29, 0.717) is 33.9 Å². The largest absolute Gasteiger partial charge is 0.493 e. The molecule has 0 spiro atoms. The van der Waals surface area contributed by atoms with E-state index in [4.69, 9.17) is 18.9 Å². The molecular formula is C21H20O6. The molecule has 1 aliphatic heterocycles. The molecule has 1 heterocycles. The van der Waals surface area contributed by atoms with Crippen LogP contribution in [0.1, 0.15) is 28.4 Å². The van der Waals surface area contributed by atoms with E-state index < -0.39 is 5.97 Å². The molecule has 0 N–H and O–H groups in total. The maximum absolute atomic E-state index is 12.4. The molecule has 1 aliphatic rings. The zero-order chi connectivity index (χ0) is 19.6. The number of methoxy groups -OCH3 is 3. The number of cyclic esters (lactones) is 1. The average Bonchev–Trinajstić information content (AvgIpc) is 3.08. The first-order valence-corrected chi connectivity index (χ1v) is 8.32. The number of Topliss-reactive ketones (excluding diaryl/α,β-unsaturated/α-hetero) is 1. The fraction of sp³-hybridized carbons (Fsp3) is 0.238. The molecule has 6 nitrogen and oxygen atoms in total. The van der Waals surface area contributed by atoms with E-state index in [1.807, 2.05) is 12.1 Å². The molecule has 0 atom stereocenters. The van der Waals surface area contributed by atoms with Crippen molar-refractivity contribution in [1.29, 1.82) is 0 Å². The van der Waals surface area contributed by atoms with Gasteiger partial charge < -0.3 is 18.9 Å². The van der Waals surface area contributed by atoms with Gasteiger partial charge in [-0.1, -0.05) is 24.3 Å². The minimum atomic E-state index is -0.421. The van der Waals surface area contributed by atoms with Crippen molar-refractivity contribution in [3.63, 3.8) is 0 Å². The quantitative estimate of drug-likeness (QED) is 0.575. The van der Waals surface area contributed by atoms with Crippen LogP contribution in [-0.2, 0) is 9.53 Å². The van der Waals surface area contributed by atoms with Crippen LogP contribution in [0.5, 0.6) is 17.2 Å². The minimum absolute atomic E-state index is 0.0147. The van der Waals surface area contributed by atoms with Crippen LogP contribution in [0.3, 0.4) is 0 Å². The van der Waals surface area contributed by atoms with Gasteiger partial charge in [0, 0.05) is 11.1 Å². The second kappa shape index (κ2) is 7.53. The lowest BCUT2D eigenvalue weighted by atomic mass is 9.95. The Morgan fingerprint density at radius 1 is 0.926 bits per heavy atom. The minimum Gasteiger partial charge on any atom is -0.493 e. The van der Waals surface area contributed by atoms with Gasteiger partial charge in [-0.3, -0.25) is 4.79 Å². The maximum Gasteiger partial charge on any atom is 0.339 e. The number of benzene rings is 2. The monoisotopic (exact) mass is 368 g/mol. The third-order valence-corrected chi connectivity index (χ3v) is 4.45. The fourth-order valence-electron chi connectivity index (χ4n) is 3.06. The van der Waals surface area contributed by atoms with Crippen LogP contribution >= 0.6 is 0 Å². The maximum atomic E-state index is 12.4. The highest BCUT2D eigenvalue weighted by molar-refractivity contribution is 6.27. The zero-order valence-electron chi connectivity index (χ0n) is 15.6. The Bertz CT molecular complexity index is 899. The van der Waals surface area contributed by atoms with Crippen molar-refractivity contribution in [3.8, 4) is 17.2 Å². The van der Waals surface area contributed by atoms with E-state index >= 15 is 0 Å². The second-order valence-corrected chi connectivity index (χ2v) is 5.98. The summed E-state index contributed by atoms with van der Waals surface area (Å²) in [5, 5.41) is 0. The van der Waals surface area contributed by atoms with Crippen molar-refractivity contribution in [2.24, 2.45) is 0 Å². The number of hydrogen-bond acceptors (Lipinski definition) is 6. The molecular weight excluding hydrogens is 348 g/mol. The zero-order valence-corrected chi connectivity index (χ0v) is 15.6. The van der Waals surface area contributed by atoms with E-state index in [-0.39, 0.29) is 12.4 Å². The molecule has 27 heavy (non-hydrogen) atoms. The standard InChI is InChI=1S/C21H20O6/c1-12(22)13-5-7-14(8-6-13)16-11-27-21(23)19(16)15-9-17(24-2)20(26-4)18(10-15)25-3/h5-10H,11H2,1-4H3. The van der Waals surface area contributed by atoms with Gasteiger partial charge >= 0.3 is 5.97 Å². The lowest BCUT2D eigenvalue weighted by molar-refractivity contribution is -0.133. The first kappa shape index (κ1) is 18.5. The predicted molar refractivity (Wildman–Crippen MR) is 100 cm³/mol. The van der Waals surface area contributed by atoms with Gasteiger partial charge in [0.1, 0.15) is 6.61 Å². The van der Waals surface area contributed by atoms with Gasteiger partial charge in [-0.2, -0.15) is 0 Å². The fourth-order valence-corrected chi connectivity index (χ4v) is 3.06. The molecule has 0 saturated carbocycles. The Labute approximate surface area is 157 Å². The molecule has 0 saturated heterocycles. The normalized spacial score (nSPS) is 13.4. The molecule has 2 aromatic rings. The van der Waals surface area contributed by atoms with E-state index in [1.165, 1.54) is 28.3 Å². The molecule has 0 radical (unpaired) electrons. The second-order valence-electron chi connectivity index (χ2n) is 5.98. The van der Waals surface area contributed by atoms with Crippen molar-refractivity contribution in [2.45, 2.75) is 6.92 Å². The van der Waals surface area contributed by atoms with Gasteiger partial charge in [-0.25, -0.2) is 4.79 Å². The van der Waals surface area contributed by atoms with E-state index in [0.717, 1.165) is 11.1 Å². The summed E-state index contributed by atoms with van der Waals surface area (Å²) >= 11 is 0. The number of ketones is 1. The first-order valence-electron chi connectivity index (χ1n) is 8.32. The SMILES string of the molecule is COc1cc(C2=C(c3ccc(C(C)=O)cc3)COC2=O)cc(OC)c1OC. The van der Waals surface area contributed by atoms with E-state index in [2.05, 4.69) is 0 Å². The van der Waals surface area contributed by atoms with Crippen LogP contribution in [0.2, 0.25) is 0 Å². The van der Waals surface area contributed by atoms with Gasteiger partial charge in [0.05, 0.1) is 26.9 Å². The van der Waals surface area contributed by atoms with E-state index in [1.54, 1.807) is 24.3 Å². The number of esters is 1. The van der Waals surface area contributed by atoms with Crippen LogP contribution in [0.4, 0.5) is 0 Å². The molecule has 6 heteroatoms. The summed E-state index contributed by atoms with van der Waals surface area (Å²) in [7, 11) is 4.55. The Kier molecular flexibility index (Phi) is 5.16. The Balaban J connectivity index is 2.16. The third-order valence-electron chi connectivity index (χ3n) is 4.45. The molecule has 3 rings (SSSR count). The number of carbonyl (C=O) groups excluding carboxylic acids is 2. The summed E-state index contributed by atoms with van der Waals surface area (Å²) in [5.74, 6) is 0.910. The molecule has 0 unspecified atom stereocenters. The van der Waals surface area contributed by atoms with E-state index in [9.17, 15) is 9.59 Å². The van der Waals surface area contributed by atoms with Gasteiger partial charge in [0.2, 0.25) is 5.75 Å². The van der Waals surface area contributed by atoms with Gasteiger partial charge in [0.25, 0.3) is 0 Å². The van der Waals surface area contributed by atoms with Gasteiger partial charge in [-0.15, -0.1) is 0 Å². The molecule has 2 aromatic carbocycles. The highest BCUT2D eigenvalue weighted by atomic mass is 16.5. The Morgan fingerprint density at radius 3 is 2.00 bits per heavy atom. The van der Waals surface area contributed by atoms with Crippen molar-refractivity contribution < 1.29 is 28.5 Å². The first-order chi connectivity index (χ1) is 13.0. The Hall–Kier alpha value is -3.28. The third kappa shape index (κ3) is 3.38. The number of rotatable bonds is 6. The number of hydrogen-bond donors (Lipinski definition) is 0. The lowest BCUT2D eigenvalue weighted by Crippen LogP contribution is -2.01. The number of ether oxygens (including phenoxy) is 4. The summed E-state index contributed by atoms with van der Waals surface area (Å²) in [6, 6.07) is 10.5. The van der Waals surface area contributed by atoms with Gasteiger partial charge in [-0.05, 0) is 30.2 Å². The summed E-state index contributed by atoms with van der Waals surface area (Å²) in [6.07, 6.45) is 0. The summed E-state index contributed by atoms with van der Waals surface area (Å²) in [5.41, 5.74) is 3.21. The molecule has 0 aromatic heterocycles. The van der Waals surface area contributed by atoms with Crippen LogP contribution < -0.4 is 14.2 Å². The van der Waals surface area contributed by atoms with Crippen molar-refractivity contribution in [3.05, 3.63) is 53.1 Å². The van der Waals surface area contributed by atoms with Crippen LogP contribution in [0, 0.1) is 0 Å². The molecule has 140 valence electrons. The van der Waals surface area contributed by atoms with Crippen molar-refractivity contribution >= 4 is 22.9 Å². The van der Waals surface area contributed by atoms with Gasteiger partial charge in [0.15, 0.2) is 17.3 Å². The smallest absolute Gasteiger partial charge is 0.339 e. The lowest BCUT2D eigenvalue weighted by Gasteiger charge is -2.14. The molecule has 0 bridgehead atoms. The molecule has 0 fully saturated rings. The summed E-state index contributed by atoms with van der Waals surface area (Å²) in [4.78, 5) is 23.9. The topological polar surface area (TPSA) is 71.1 Å². The predicted octanol–water partition coefficient (Wildman–Crippen LogP) is 3.38. The van der Waals surface area contributed by atoms with Crippen molar-refractivity contribution in [1.82, 2.24) is 0 Å². The molecule has 0 aliphatic carbocycles. The Morgan fingerprint density at radius 2 is 1.52 bits per heavy atom. The van der Waals surface area contributed by atoms with Crippen molar-refractivity contribution in [2.75, 3.05) is 27.9 Å². The highest BCUT2D eigenvalue weighted by Gasteiger charge is 2.29. The highest BCUT2D eigenvalue weighted by Crippen LogP contribution is 2.42. The molecule has 0 amide bonds. The van der Waals surface area contributed by atoms with Crippen LogP contribution in [0.25, 0.3) is 11.1 Å². The number of carbonyl (C=O) groups is 2. The van der Waals surface area contributed by atoms with Crippen LogP contribution in [-0.4, -0.2) is 39.7 Å². The summed E-state index contributed by atoms with van der Waals surface area (Å²) < 4.78 is 21.4. The van der Waals surface area contributed by atoms with Crippen LogP contribution in [0.15, 0.2) is 36.4 Å². The summed E-state index contributed by atoms with van der Waals surface area (Å²) in [6.45, 7) is 1.67. The average molecular weight is 368 g/mol.